The van der Waals surface area contributed by atoms with Crippen molar-refractivity contribution < 1.29 is 22.7 Å². The van der Waals surface area contributed by atoms with Crippen LogP contribution in [0.25, 0.3) is 11.1 Å². The van der Waals surface area contributed by atoms with E-state index < -0.39 is 17.6 Å². The summed E-state index contributed by atoms with van der Waals surface area (Å²) < 4.78 is 54.2. The molecule has 0 bridgehead atoms. The summed E-state index contributed by atoms with van der Waals surface area (Å²) in [4.78, 5) is 0. The number of rotatable bonds is 1. The molecule has 2 aromatic carbocycles. The van der Waals surface area contributed by atoms with Gasteiger partial charge in [-0.05, 0) is 59.2 Å². The summed E-state index contributed by atoms with van der Waals surface area (Å²) in [5.41, 5.74) is 0.244. The summed E-state index contributed by atoms with van der Waals surface area (Å²) in [6.45, 7) is 1.82. The third kappa shape index (κ3) is 2.34. The van der Waals surface area contributed by atoms with Crippen LogP contribution in [0.3, 0.4) is 0 Å². The van der Waals surface area contributed by atoms with Gasteiger partial charge in [-0.15, -0.1) is 0 Å². The SMILES string of the molecule is C[C@@H]1CCc2c(-c3ccc(O)cc3)c(C(F)(F)F)cc(F)c21. The molecule has 1 N–H and O–H groups in total. The molecule has 0 unspecified atom stereocenters. The minimum atomic E-state index is -4.63. The van der Waals surface area contributed by atoms with E-state index in [1.165, 1.54) is 24.3 Å². The van der Waals surface area contributed by atoms with E-state index in [1.54, 1.807) is 0 Å². The van der Waals surface area contributed by atoms with Crippen LogP contribution in [0.1, 0.15) is 36.0 Å². The van der Waals surface area contributed by atoms with Crippen molar-refractivity contribution in [2.24, 2.45) is 0 Å². The Morgan fingerprint density at radius 2 is 1.77 bits per heavy atom. The molecule has 0 amide bonds. The predicted octanol–water partition coefficient (Wildman–Crippen LogP) is 5.27. The number of alkyl halides is 3. The van der Waals surface area contributed by atoms with Crippen LogP contribution in [0, 0.1) is 5.82 Å². The first-order valence-electron chi connectivity index (χ1n) is 7.01. The van der Waals surface area contributed by atoms with Crippen molar-refractivity contribution >= 4 is 0 Å². The molecule has 0 radical (unpaired) electrons. The van der Waals surface area contributed by atoms with Crippen LogP contribution in [-0.2, 0) is 12.6 Å². The van der Waals surface area contributed by atoms with Crippen molar-refractivity contribution in [1.82, 2.24) is 0 Å². The first-order chi connectivity index (χ1) is 10.3. The standard InChI is InChI=1S/C17H14F4O/c1-9-2-7-12-15(9)14(18)8-13(17(19,20)21)16(12)10-3-5-11(22)6-4-10/h3-6,8-9,22H,2,7H2,1H3/t9-/m1/s1. The zero-order valence-electron chi connectivity index (χ0n) is 11.8. The Labute approximate surface area is 125 Å². The molecule has 1 nitrogen and oxygen atoms in total. The number of phenols is 1. The largest absolute Gasteiger partial charge is 0.508 e. The Balaban J connectivity index is 2.33. The predicted molar refractivity (Wildman–Crippen MR) is 75.2 cm³/mol. The molecule has 0 saturated carbocycles. The first-order valence-corrected chi connectivity index (χ1v) is 7.01. The average Bonchev–Trinajstić information content (AvgIpc) is 2.82. The van der Waals surface area contributed by atoms with Gasteiger partial charge in [-0.1, -0.05) is 19.1 Å². The van der Waals surface area contributed by atoms with Crippen molar-refractivity contribution in [3.63, 3.8) is 0 Å². The second-order valence-corrected chi connectivity index (χ2v) is 5.66. The highest BCUT2D eigenvalue weighted by atomic mass is 19.4. The molecule has 22 heavy (non-hydrogen) atoms. The van der Waals surface area contributed by atoms with Gasteiger partial charge in [0.1, 0.15) is 11.6 Å². The monoisotopic (exact) mass is 310 g/mol. The maximum Gasteiger partial charge on any atom is 0.417 e. The molecule has 0 aromatic heterocycles. The maximum absolute atomic E-state index is 14.2. The number of fused-ring (bicyclic) bond motifs is 1. The van der Waals surface area contributed by atoms with E-state index >= 15 is 0 Å². The zero-order valence-corrected chi connectivity index (χ0v) is 11.8. The van der Waals surface area contributed by atoms with E-state index in [1.807, 2.05) is 6.92 Å². The normalized spacial score (nSPS) is 17.6. The van der Waals surface area contributed by atoms with Gasteiger partial charge in [0.2, 0.25) is 0 Å². The number of hydrogen-bond acceptors (Lipinski definition) is 1. The number of halogens is 4. The van der Waals surface area contributed by atoms with Gasteiger partial charge in [-0.3, -0.25) is 0 Å². The van der Waals surface area contributed by atoms with Gasteiger partial charge in [0.25, 0.3) is 0 Å². The van der Waals surface area contributed by atoms with E-state index in [2.05, 4.69) is 0 Å². The smallest absolute Gasteiger partial charge is 0.417 e. The molecule has 0 heterocycles. The van der Waals surface area contributed by atoms with Gasteiger partial charge in [-0.25, -0.2) is 4.39 Å². The van der Waals surface area contributed by atoms with Crippen molar-refractivity contribution in [2.75, 3.05) is 0 Å². The fourth-order valence-corrected chi connectivity index (χ4v) is 3.20. The van der Waals surface area contributed by atoms with Crippen molar-refractivity contribution in [3.8, 4) is 16.9 Å². The molecule has 0 fully saturated rings. The molecule has 1 aliphatic carbocycles. The minimum Gasteiger partial charge on any atom is -0.508 e. The molecule has 116 valence electrons. The van der Waals surface area contributed by atoms with Crippen LogP contribution >= 0.6 is 0 Å². The van der Waals surface area contributed by atoms with Gasteiger partial charge < -0.3 is 5.11 Å². The van der Waals surface area contributed by atoms with Crippen molar-refractivity contribution in [3.05, 3.63) is 52.8 Å². The van der Waals surface area contributed by atoms with Gasteiger partial charge in [-0.2, -0.15) is 13.2 Å². The lowest BCUT2D eigenvalue weighted by molar-refractivity contribution is -0.137. The molecule has 3 rings (SSSR count). The van der Waals surface area contributed by atoms with Crippen molar-refractivity contribution in [2.45, 2.75) is 31.9 Å². The van der Waals surface area contributed by atoms with E-state index in [0.29, 0.717) is 35.6 Å². The second-order valence-electron chi connectivity index (χ2n) is 5.66. The lowest BCUT2D eigenvalue weighted by Gasteiger charge is -2.19. The number of phenolic OH excluding ortho intramolecular Hbond substituents is 1. The third-order valence-corrected chi connectivity index (χ3v) is 4.21. The molecule has 1 atom stereocenters. The summed E-state index contributed by atoms with van der Waals surface area (Å²) in [5, 5.41) is 9.33. The first kappa shape index (κ1) is 14.9. The van der Waals surface area contributed by atoms with E-state index in [-0.39, 0.29) is 17.2 Å². The number of benzene rings is 2. The Hall–Kier alpha value is -2.04. The molecule has 0 saturated heterocycles. The Kier molecular flexibility index (Phi) is 3.38. The fourth-order valence-electron chi connectivity index (χ4n) is 3.20. The summed E-state index contributed by atoms with van der Waals surface area (Å²) in [7, 11) is 0. The van der Waals surface area contributed by atoms with Gasteiger partial charge in [0, 0.05) is 0 Å². The number of aromatic hydroxyl groups is 1. The van der Waals surface area contributed by atoms with Crippen LogP contribution in [-0.4, -0.2) is 5.11 Å². The topological polar surface area (TPSA) is 20.2 Å². The number of hydrogen-bond donors (Lipinski definition) is 1. The Morgan fingerprint density at radius 1 is 1.14 bits per heavy atom. The highest BCUT2D eigenvalue weighted by Gasteiger charge is 2.38. The molecule has 2 aromatic rings. The molecule has 0 aliphatic heterocycles. The quantitative estimate of drug-likeness (QED) is 0.712. The molecule has 5 heteroatoms. The van der Waals surface area contributed by atoms with Gasteiger partial charge >= 0.3 is 6.18 Å². The van der Waals surface area contributed by atoms with E-state index in [0.717, 1.165) is 0 Å². The highest BCUT2D eigenvalue weighted by molar-refractivity contribution is 5.75. The molecular formula is C17H14F4O. The van der Waals surface area contributed by atoms with E-state index in [9.17, 15) is 22.7 Å². The van der Waals surface area contributed by atoms with Gasteiger partial charge in [0.15, 0.2) is 0 Å². The molecule has 1 aliphatic rings. The lowest BCUT2D eigenvalue weighted by Crippen LogP contribution is -2.11. The van der Waals surface area contributed by atoms with Gasteiger partial charge in [0.05, 0.1) is 5.56 Å². The third-order valence-electron chi connectivity index (χ3n) is 4.21. The minimum absolute atomic E-state index is 0.0237. The Bertz CT molecular complexity index is 717. The lowest BCUT2D eigenvalue weighted by atomic mass is 9.90. The summed E-state index contributed by atoms with van der Waals surface area (Å²) in [5.74, 6) is -0.896. The summed E-state index contributed by atoms with van der Waals surface area (Å²) in [6, 6.07) is 6.14. The molecular weight excluding hydrogens is 296 g/mol. The summed E-state index contributed by atoms with van der Waals surface area (Å²) >= 11 is 0. The maximum atomic E-state index is 14.2. The van der Waals surface area contributed by atoms with E-state index in [4.69, 9.17) is 0 Å². The second kappa shape index (κ2) is 5.00. The van der Waals surface area contributed by atoms with Crippen LogP contribution in [0.2, 0.25) is 0 Å². The highest BCUT2D eigenvalue weighted by Crippen LogP contribution is 2.46. The Morgan fingerprint density at radius 3 is 2.36 bits per heavy atom. The van der Waals surface area contributed by atoms with Crippen LogP contribution in [0.5, 0.6) is 5.75 Å². The fraction of sp³-hybridized carbons (Fsp3) is 0.294. The average molecular weight is 310 g/mol. The van der Waals surface area contributed by atoms with Crippen molar-refractivity contribution in [1.29, 1.82) is 0 Å². The van der Waals surface area contributed by atoms with Crippen LogP contribution < -0.4 is 0 Å². The van der Waals surface area contributed by atoms with Crippen LogP contribution in [0.4, 0.5) is 17.6 Å². The molecule has 0 spiro atoms. The summed E-state index contributed by atoms with van der Waals surface area (Å²) in [6.07, 6.45) is -3.57. The zero-order chi connectivity index (χ0) is 16.1. The van der Waals surface area contributed by atoms with Crippen LogP contribution in [0.15, 0.2) is 30.3 Å².